The Bertz CT molecular complexity index is 942. The van der Waals surface area contributed by atoms with Crippen LogP contribution in [-0.4, -0.2) is 225 Å². The van der Waals surface area contributed by atoms with Crippen molar-refractivity contribution in [2.45, 2.75) is 123 Å². The summed E-state index contributed by atoms with van der Waals surface area (Å²) in [6, 6.07) is 0. The maximum absolute atomic E-state index is 10.9. The van der Waals surface area contributed by atoms with Gasteiger partial charge in [0.15, 0.2) is 25.2 Å². The average molecular weight is 695 g/mol. The van der Waals surface area contributed by atoms with E-state index in [9.17, 15) is 61.3 Å². The molecular weight excluding hydrogens is 648 g/mol. The largest absolute Gasteiger partial charge is 0.394 e. The summed E-state index contributed by atoms with van der Waals surface area (Å²) in [7, 11) is 2.41. The predicted molar refractivity (Wildman–Crippen MR) is 143 cm³/mol. The first-order chi connectivity index (χ1) is 22.4. The van der Waals surface area contributed by atoms with Crippen LogP contribution in [0.4, 0.5) is 0 Å². The Labute approximate surface area is 267 Å². The van der Waals surface area contributed by atoms with Gasteiger partial charge in [-0.15, -0.1) is 0 Å². The molecule has 12 N–H and O–H groups in total. The maximum Gasteiger partial charge on any atom is 0.187 e. The van der Waals surface area contributed by atoms with E-state index >= 15 is 0 Å². The Morgan fingerprint density at radius 3 is 0.894 bits per heavy atom. The summed E-state index contributed by atoms with van der Waals surface area (Å²) in [6.45, 7) is -3.09. The van der Waals surface area contributed by atoms with E-state index in [0.29, 0.717) is 0 Å². The van der Waals surface area contributed by atoms with Crippen LogP contribution in [-0.2, 0) is 42.6 Å². The van der Waals surface area contributed by atoms with E-state index in [-0.39, 0.29) is 0 Å². The van der Waals surface area contributed by atoms with E-state index in [4.69, 9.17) is 42.6 Å². The van der Waals surface area contributed by atoms with Gasteiger partial charge in [0.25, 0.3) is 0 Å². The van der Waals surface area contributed by atoms with Crippen LogP contribution < -0.4 is 0 Å². The molecule has 4 aliphatic heterocycles. The highest BCUT2D eigenvalue weighted by atomic mass is 16.8. The summed E-state index contributed by atoms with van der Waals surface area (Å²) in [5.74, 6) is 0. The number of hydrogen-bond acceptors (Lipinski definition) is 21. The number of methoxy groups -OCH3 is 2. The lowest BCUT2D eigenvalue weighted by Crippen LogP contribution is -2.67. The average Bonchev–Trinajstić information content (AvgIpc) is 3.07. The smallest absolute Gasteiger partial charge is 0.187 e. The molecule has 0 spiro atoms. The Hall–Kier alpha value is -0.840. The number of aliphatic hydroxyl groups excluding tert-OH is 12. The Morgan fingerprint density at radius 2 is 0.617 bits per heavy atom. The van der Waals surface area contributed by atoms with Crippen molar-refractivity contribution in [3.05, 3.63) is 0 Å². The van der Waals surface area contributed by atoms with Gasteiger partial charge < -0.3 is 104 Å². The van der Waals surface area contributed by atoms with Gasteiger partial charge in [0, 0.05) is 14.2 Å². The van der Waals surface area contributed by atoms with Gasteiger partial charge in [-0.3, -0.25) is 0 Å². The van der Waals surface area contributed by atoms with Gasteiger partial charge in [-0.2, -0.15) is 0 Å². The molecule has 21 heteroatoms. The van der Waals surface area contributed by atoms with Crippen LogP contribution in [0.15, 0.2) is 0 Å². The minimum absolute atomic E-state index is 0.642. The standard InChI is InChI=1S/C26H46O21/c1-39-19-7(3-27)42-24(16(36)11(19)31)46-21-9(5-29)44-26(18(38)13(21)33)47-22-10(6-30)43-25(17(37)14(22)34)45-20-8(4-28)41-23(40-2)15(35)12(20)32/h7-38H,3-6H2,1-2H3/t7-,8?,9?,10-,11?,12+,13+,14?,15?,16?,17?,18?,19+,20+,21+,22+,23+,24-,25-,26-/m0/s1. The van der Waals surface area contributed by atoms with Gasteiger partial charge in [-0.25, -0.2) is 0 Å². The molecule has 4 saturated heterocycles. The second-order valence-electron chi connectivity index (χ2n) is 11.6. The van der Waals surface area contributed by atoms with E-state index in [1.165, 1.54) is 14.2 Å². The molecule has 8 unspecified atom stereocenters. The van der Waals surface area contributed by atoms with Crippen molar-refractivity contribution in [3.63, 3.8) is 0 Å². The van der Waals surface area contributed by atoms with E-state index in [0.717, 1.165) is 0 Å². The molecule has 0 saturated carbocycles. The highest BCUT2D eigenvalue weighted by molar-refractivity contribution is 4.98. The third kappa shape index (κ3) is 7.90. The molecule has 20 atom stereocenters. The normalized spacial score (nSPS) is 51.2. The third-order valence-electron chi connectivity index (χ3n) is 8.66. The van der Waals surface area contributed by atoms with Crippen molar-refractivity contribution in [1.82, 2.24) is 0 Å². The molecular formula is C26H46O21. The summed E-state index contributed by atoms with van der Waals surface area (Å²) in [6.07, 6.45) is -32.5. The van der Waals surface area contributed by atoms with Gasteiger partial charge in [0.2, 0.25) is 0 Å². The van der Waals surface area contributed by atoms with E-state index in [1.54, 1.807) is 0 Å². The maximum atomic E-state index is 10.9. The lowest BCUT2D eigenvalue weighted by Gasteiger charge is -2.49. The van der Waals surface area contributed by atoms with Crippen LogP contribution in [0, 0.1) is 0 Å². The third-order valence-corrected chi connectivity index (χ3v) is 8.66. The summed E-state index contributed by atoms with van der Waals surface area (Å²) >= 11 is 0. The molecule has 0 amide bonds. The molecule has 21 nitrogen and oxygen atoms in total. The monoisotopic (exact) mass is 694 g/mol. The number of rotatable bonds is 12. The molecule has 276 valence electrons. The van der Waals surface area contributed by atoms with Gasteiger partial charge in [-0.05, 0) is 0 Å². The molecule has 4 heterocycles. The van der Waals surface area contributed by atoms with E-state index in [1.807, 2.05) is 0 Å². The van der Waals surface area contributed by atoms with Gasteiger partial charge in [0.1, 0.15) is 97.7 Å². The summed E-state index contributed by atoms with van der Waals surface area (Å²) in [5.41, 5.74) is 0. The van der Waals surface area contributed by atoms with Crippen molar-refractivity contribution in [2.24, 2.45) is 0 Å². The lowest BCUT2D eigenvalue weighted by atomic mass is 9.95. The van der Waals surface area contributed by atoms with Crippen LogP contribution in [0.1, 0.15) is 0 Å². The van der Waals surface area contributed by atoms with Gasteiger partial charge in [-0.1, -0.05) is 0 Å². The second kappa shape index (κ2) is 16.9. The van der Waals surface area contributed by atoms with Crippen LogP contribution >= 0.6 is 0 Å². The molecule has 4 rings (SSSR count). The molecule has 0 aromatic rings. The fraction of sp³-hybridized carbons (Fsp3) is 1.00. The molecule has 0 aliphatic carbocycles. The quantitative estimate of drug-likeness (QED) is 0.0902. The first-order valence-electron chi connectivity index (χ1n) is 14.9. The summed E-state index contributed by atoms with van der Waals surface area (Å²) in [4.78, 5) is 0. The molecule has 0 bridgehead atoms. The zero-order valence-corrected chi connectivity index (χ0v) is 25.4. The molecule has 0 aromatic heterocycles. The highest BCUT2D eigenvalue weighted by Gasteiger charge is 2.55. The SMILES string of the molecule is CO[C@@H]1OC(CO)[C@@H](O[C@@H]2O[C@@H](CO)[C@@H](O[C@@H]3OC(CO)[C@@H](O[C@@H]4O[C@@H](CO)[C@@H](OC)C(O)C4O)[C@H](O)C3O)C(O)C2O)[C@H](O)C1O. The van der Waals surface area contributed by atoms with Crippen molar-refractivity contribution >= 4 is 0 Å². The molecule has 0 aromatic carbocycles. The minimum atomic E-state index is -1.98. The molecule has 4 aliphatic rings. The second-order valence-corrected chi connectivity index (χ2v) is 11.6. The zero-order chi connectivity index (χ0) is 34.7. The minimum Gasteiger partial charge on any atom is -0.394 e. The van der Waals surface area contributed by atoms with Crippen molar-refractivity contribution in [1.29, 1.82) is 0 Å². The summed E-state index contributed by atoms with van der Waals surface area (Å²) < 4.78 is 48.7. The molecule has 4 fully saturated rings. The van der Waals surface area contributed by atoms with Crippen LogP contribution in [0.3, 0.4) is 0 Å². The Balaban J connectivity index is 1.43. The number of aliphatic hydroxyl groups is 12. The molecule has 0 radical (unpaired) electrons. The predicted octanol–water partition coefficient (Wildman–Crippen LogP) is -8.44. The number of hydrogen-bond donors (Lipinski definition) is 12. The van der Waals surface area contributed by atoms with Crippen molar-refractivity contribution in [3.8, 4) is 0 Å². The highest BCUT2D eigenvalue weighted by Crippen LogP contribution is 2.34. The first kappa shape index (κ1) is 39.0. The Morgan fingerprint density at radius 1 is 0.362 bits per heavy atom. The van der Waals surface area contributed by atoms with E-state index in [2.05, 4.69) is 0 Å². The fourth-order valence-corrected chi connectivity index (χ4v) is 6.00. The van der Waals surface area contributed by atoms with Crippen molar-refractivity contribution < 1.29 is 104 Å². The lowest BCUT2D eigenvalue weighted by molar-refractivity contribution is -0.388. The first-order valence-corrected chi connectivity index (χ1v) is 14.9. The van der Waals surface area contributed by atoms with Crippen LogP contribution in [0.5, 0.6) is 0 Å². The molecule has 47 heavy (non-hydrogen) atoms. The van der Waals surface area contributed by atoms with Crippen molar-refractivity contribution in [2.75, 3.05) is 40.6 Å². The van der Waals surface area contributed by atoms with Crippen LogP contribution in [0.25, 0.3) is 0 Å². The van der Waals surface area contributed by atoms with Crippen LogP contribution in [0.2, 0.25) is 0 Å². The summed E-state index contributed by atoms with van der Waals surface area (Å²) in [5, 5.41) is 125. The van der Waals surface area contributed by atoms with Gasteiger partial charge >= 0.3 is 0 Å². The zero-order valence-electron chi connectivity index (χ0n) is 25.4. The topological polar surface area (TPSA) is 326 Å². The van der Waals surface area contributed by atoms with Gasteiger partial charge in [0.05, 0.1) is 26.4 Å². The van der Waals surface area contributed by atoms with E-state index < -0.39 is 149 Å². The Kier molecular flexibility index (Phi) is 14.0. The number of ether oxygens (including phenoxy) is 9. The fourth-order valence-electron chi connectivity index (χ4n) is 6.00.